The summed E-state index contributed by atoms with van der Waals surface area (Å²) in [7, 11) is 0. The maximum atomic E-state index is 5.75. The molecular formula is C9H13ClN4O. The van der Waals surface area contributed by atoms with Gasteiger partial charge in [-0.2, -0.15) is 15.0 Å². The first-order chi connectivity index (χ1) is 7.28. The first-order valence-corrected chi connectivity index (χ1v) is 5.46. The summed E-state index contributed by atoms with van der Waals surface area (Å²) in [6.45, 7) is 2.39. The van der Waals surface area contributed by atoms with E-state index in [9.17, 15) is 0 Å². The molecular weight excluding hydrogens is 216 g/mol. The van der Waals surface area contributed by atoms with Crippen molar-refractivity contribution in [3.63, 3.8) is 0 Å². The lowest BCUT2D eigenvalue weighted by Gasteiger charge is -2.26. The van der Waals surface area contributed by atoms with Gasteiger partial charge in [-0.05, 0) is 37.8 Å². The normalized spacial score (nSPS) is 15.9. The molecule has 2 rings (SSSR count). The molecule has 0 radical (unpaired) electrons. The molecule has 0 bridgehead atoms. The van der Waals surface area contributed by atoms with Crippen LogP contribution in [-0.4, -0.2) is 27.6 Å². The van der Waals surface area contributed by atoms with Gasteiger partial charge in [0.05, 0.1) is 6.61 Å². The number of hydrogen-bond acceptors (Lipinski definition) is 5. The molecule has 0 spiro atoms. The summed E-state index contributed by atoms with van der Waals surface area (Å²) in [5.41, 5.74) is 0. The SMILES string of the molecule is CCOc1nc(Cl)nc(NC2CCC2)n1. The highest BCUT2D eigenvalue weighted by atomic mass is 35.5. The minimum absolute atomic E-state index is 0.162. The van der Waals surface area contributed by atoms with Crippen LogP contribution < -0.4 is 10.1 Å². The van der Waals surface area contributed by atoms with Crippen LogP contribution in [0.4, 0.5) is 5.95 Å². The minimum Gasteiger partial charge on any atom is -0.464 e. The molecule has 0 aliphatic heterocycles. The Bertz CT molecular complexity index is 343. The van der Waals surface area contributed by atoms with Crippen molar-refractivity contribution < 1.29 is 4.74 Å². The standard InChI is InChI=1S/C9H13ClN4O/c1-2-15-9-13-7(10)12-8(14-9)11-6-4-3-5-6/h6H,2-5H2,1H3,(H,11,12,13,14). The Morgan fingerprint density at radius 3 is 2.80 bits per heavy atom. The number of aromatic nitrogens is 3. The highest BCUT2D eigenvalue weighted by Crippen LogP contribution is 2.22. The summed E-state index contributed by atoms with van der Waals surface area (Å²) in [6.07, 6.45) is 3.58. The number of ether oxygens (including phenoxy) is 1. The zero-order valence-electron chi connectivity index (χ0n) is 8.53. The lowest BCUT2D eigenvalue weighted by atomic mass is 9.93. The van der Waals surface area contributed by atoms with E-state index in [-0.39, 0.29) is 11.3 Å². The smallest absolute Gasteiger partial charge is 0.322 e. The van der Waals surface area contributed by atoms with Gasteiger partial charge in [-0.25, -0.2) is 0 Å². The van der Waals surface area contributed by atoms with E-state index in [2.05, 4.69) is 20.3 Å². The third kappa shape index (κ3) is 2.68. The number of nitrogens with zero attached hydrogens (tertiary/aromatic N) is 3. The van der Waals surface area contributed by atoms with Crippen LogP contribution in [-0.2, 0) is 0 Å². The molecule has 15 heavy (non-hydrogen) atoms. The van der Waals surface area contributed by atoms with Gasteiger partial charge in [-0.1, -0.05) is 0 Å². The molecule has 82 valence electrons. The van der Waals surface area contributed by atoms with E-state index in [1.807, 2.05) is 6.92 Å². The van der Waals surface area contributed by atoms with E-state index in [0.717, 1.165) is 12.8 Å². The van der Waals surface area contributed by atoms with Gasteiger partial charge in [0.2, 0.25) is 11.2 Å². The molecule has 1 fully saturated rings. The second kappa shape index (κ2) is 4.61. The first-order valence-electron chi connectivity index (χ1n) is 5.09. The van der Waals surface area contributed by atoms with Gasteiger partial charge in [-0.3, -0.25) is 0 Å². The van der Waals surface area contributed by atoms with E-state index in [4.69, 9.17) is 16.3 Å². The summed E-state index contributed by atoms with van der Waals surface area (Å²) in [5.74, 6) is 0.503. The third-order valence-corrected chi connectivity index (χ3v) is 2.47. The van der Waals surface area contributed by atoms with E-state index in [1.54, 1.807) is 0 Å². The number of halogens is 1. The van der Waals surface area contributed by atoms with Gasteiger partial charge in [0, 0.05) is 6.04 Å². The van der Waals surface area contributed by atoms with Crippen LogP contribution in [0.15, 0.2) is 0 Å². The number of anilines is 1. The van der Waals surface area contributed by atoms with Gasteiger partial charge >= 0.3 is 6.01 Å². The molecule has 5 nitrogen and oxygen atoms in total. The van der Waals surface area contributed by atoms with Crippen molar-refractivity contribution in [3.05, 3.63) is 5.28 Å². The Balaban J connectivity index is 2.07. The molecule has 1 N–H and O–H groups in total. The lowest BCUT2D eigenvalue weighted by molar-refractivity contribution is 0.311. The molecule has 6 heteroatoms. The lowest BCUT2D eigenvalue weighted by Crippen LogP contribution is -2.28. The summed E-state index contributed by atoms with van der Waals surface area (Å²) < 4.78 is 5.17. The fourth-order valence-electron chi connectivity index (χ4n) is 1.33. The molecule has 0 atom stereocenters. The van der Waals surface area contributed by atoms with E-state index >= 15 is 0 Å². The van der Waals surface area contributed by atoms with Crippen molar-refractivity contribution in [1.82, 2.24) is 15.0 Å². The highest BCUT2D eigenvalue weighted by Gasteiger charge is 2.18. The Morgan fingerprint density at radius 2 is 2.20 bits per heavy atom. The highest BCUT2D eigenvalue weighted by molar-refractivity contribution is 6.28. The second-order valence-electron chi connectivity index (χ2n) is 3.42. The zero-order valence-corrected chi connectivity index (χ0v) is 9.29. The molecule has 1 aliphatic carbocycles. The predicted molar refractivity (Wildman–Crippen MR) is 57.3 cm³/mol. The maximum Gasteiger partial charge on any atom is 0.322 e. The van der Waals surface area contributed by atoms with Crippen molar-refractivity contribution in [2.45, 2.75) is 32.2 Å². The summed E-state index contributed by atoms with van der Waals surface area (Å²) in [5, 5.41) is 3.35. The van der Waals surface area contributed by atoms with E-state index < -0.39 is 0 Å². The van der Waals surface area contributed by atoms with Gasteiger partial charge in [0.15, 0.2) is 0 Å². The third-order valence-electron chi connectivity index (χ3n) is 2.30. The minimum atomic E-state index is 0.162. The van der Waals surface area contributed by atoms with Crippen molar-refractivity contribution >= 4 is 17.5 Å². The van der Waals surface area contributed by atoms with Crippen LogP contribution in [0.1, 0.15) is 26.2 Å². The van der Waals surface area contributed by atoms with Crippen LogP contribution in [0, 0.1) is 0 Å². The van der Waals surface area contributed by atoms with Crippen LogP contribution in [0.5, 0.6) is 6.01 Å². The second-order valence-corrected chi connectivity index (χ2v) is 3.75. The number of rotatable bonds is 4. The average molecular weight is 229 g/mol. The molecule has 0 saturated heterocycles. The molecule has 0 amide bonds. The molecule has 0 unspecified atom stereocenters. The Morgan fingerprint density at radius 1 is 1.40 bits per heavy atom. The van der Waals surface area contributed by atoms with Crippen molar-refractivity contribution in [1.29, 1.82) is 0 Å². The molecule has 1 aliphatic rings. The van der Waals surface area contributed by atoms with Gasteiger partial charge < -0.3 is 10.1 Å². The van der Waals surface area contributed by atoms with Gasteiger partial charge in [0.1, 0.15) is 0 Å². The van der Waals surface area contributed by atoms with Crippen molar-refractivity contribution in [3.8, 4) is 6.01 Å². The molecule has 1 aromatic rings. The first kappa shape index (κ1) is 10.4. The van der Waals surface area contributed by atoms with Crippen LogP contribution >= 0.6 is 11.6 Å². The largest absolute Gasteiger partial charge is 0.464 e. The number of hydrogen-bond donors (Lipinski definition) is 1. The molecule has 1 heterocycles. The topological polar surface area (TPSA) is 59.9 Å². The van der Waals surface area contributed by atoms with Crippen LogP contribution in [0.2, 0.25) is 5.28 Å². The summed E-state index contributed by atoms with van der Waals surface area (Å²) in [6, 6.07) is 0.747. The average Bonchev–Trinajstić information content (AvgIpc) is 2.11. The van der Waals surface area contributed by atoms with Crippen LogP contribution in [0.3, 0.4) is 0 Å². The quantitative estimate of drug-likeness (QED) is 0.853. The Kier molecular flexibility index (Phi) is 3.20. The fourth-order valence-corrected chi connectivity index (χ4v) is 1.48. The molecule has 1 saturated carbocycles. The van der Waals surface area contributed by atoms with Gasteiger partial charge in [0.25, 0.3) is 0 Å². The summed E-state index contributed by atoms with van der Waals surface area (Å²) >= 11 is 5.75. The zero-order chi connectivity index (χ0) is 10.7. The molecule has 1 aromatic heterocycles. The van der Waals surface area contributed by atoms with Crippen molar-refractivity contribution in [2.24, 2.45) is 0 Å². The van der Waals surface area contributed by atoms with Crippen LogP contribution in [0.25, 0.3) is 0 Å². The summed E-state index contributed by atoms with van der Waals surface area (Å²) in [4.78, 5) is 12.0. The van der Waals surface area contributed by atoms with E-state index in [0.29, 0.717) is 18.6 Å². The fraction of sp³-hybridized carbons (Fsp3) is 0.667. The van der Waals surface area contributed by atoms with E-state index in [1.165, 1.54) is 6.42 Å². The van der Waals surface area contributed by atoms with Crippen molar-refractivity contribution in [2.75, 3.05) is 11.9 Å². The predicted octanol–water partition coefficient (Wildman–Crippen LogP) is 1.89. The monoisotopic (exact) mass is 228 g/mol. The maximum absolute atomic E-state index is 5.75. The Hall–Kier alpha value is -1.10. The van der Waals surface area contributed by atoms with Gasteiger partial charge in [-0.15, -0.1) is 0 Å². The number of nitrogens with one attached hydrogen (secondary N) is 1. The molecule has 0 aromatic carbocycles. The Labute approximate surface area is 93.2 Å².